The van der Waals surface area contributed by atoms with Gasteiger partial charge in [0.1, 0.15) is 9.84 Å². The van der Waals surface area contributed by atoms with Crippen LogP contribution in [0.2, 0.25) is 0 Å². The van der Waals surface area contributed by atoms with Gasteiger partial charge >= 0.3 is 0 Å². The van der Waals surface area contributed by atoms with Crippen LogP contribution in [0.25, 0.3) is 0 Å². The highest BCUT2D eigenvalue weighted by Gasteiger charge is 2.03. The topological polar surface area (TPSA) is 46.2 Å². The number of nitrogens with one attached hydrogen (secondary N) is 1. The smallest absolute Gasteiger partial charge is 0.148 e. The van der Waals surface area contributed by atoms with Gasteiger partial charge in [0.15, 0.2) is 0 Å². The fourth-order valence-corrected chi connectivity index (χ4v) is 1.59. The molecule has 0 amide bonds. The van der Waals surface area contributed by atoms with Gasteiger partial charge in [0.2, 0.25) is 0 Å². The van der Waals surface area contributed by atoms with E-state index in [9.17, 15) is 8.42 Å². The maximum Gasteiger partial charge on any atom is 0.148 e. The summed E-state index contributed by atoms with van der Waals surface area (Å²) in [6.07, 6.45) is 4.79. The zero-order valence-electron chi connectivity index (χ0n) is 8.84. The molecule has 0 radical (unpaired) electrons. The van der Waals surface area contributed by atoms with Crippen LogP contribution in [0.15, 0.2) is 0 Å². The molecule has 80 valence electrons. The molecule has 13 heavy (non-hydrogen) atoms. The van der Waals surface area contributed by atoms with Crippen LogP contribution in [-0.4, -0.2) is 33.0 Å². The third kappa shape index (κ3) is 9.83. The van der Waals surface area contributed by atoms with Gasteiger partial charge in [0.25, 0.3) is 0 Å². The van der Waals surface area contributed by atoms with Gasteiger partial charge in [-0.15, -0.1) is 0 Å². The minimum atomic E-state index is -2.80. The average Bonchev–Trinajstić information content (AvgIpc) is 1.98. The van der Waals surface area contributed by atoms with Gasteiger partial charge in [-0.3, -0.25) is 0 Å². The number of sulfone groups is 1. The highest BCUT2D eigenvalue weighted by molar-refractivity contribution is 7.90. The van der Waals surface area contributed by atoms with E-state index >= 15 is 0 Å². The Morgan fingerprint density at radius 2 is 2.00 bits per heavy atom. The fourth-order valence-electron chi connectivity index (χ4n) is 1.10. The maximum absolute atomic E-state index is 10.8. The zero-order valence-corrected chi connectivity index (χ0v) is 9.65. The van der Waals surface area contributed by atoms with Crippen molar-refractivity contribution < 1.29 is 8.42 Å². The summed E-state index contributed by atoms with van der Waals surface area (Å²) in [7, 11) is -2.80. The lowest BCUT2D eigenvalue weighted by Gasteiger charge is -2.12. The van der Waals surface area contributed by atoms with Crippen LogP contribution in [0.1, 0.15) is 33.1 Å². The molecule has 0 fully saturated rings. The van der Waals surface area contributed by atoms with Crippen LogP contribution in [0, 0.1) is 0 Å². The Labute approximate surface area is 81.8 Å². The van der Waals surface area contributed by atoms with E-state index in [1.807, 2.05) is 0 Å². The predicted molar refractivity (Wildman–Crippen MR) is 56.7 cm³/mol. The van der Waals surface area contributed by atoms with E-state index in [4.69, 9.17) is 0 Å². The lowest BCUT2D eigenvalue weighted by atomic mass is 10.1. The van der Waals surface area contributed by atoms with Crippen LogP contribution >= 0.6 is 0 Å². The molecule has 0 aliphatic rings. The molecule has 1 unspecified atom stereocenters. The van der Waals surface area contributed by atoms with Crippen molar-refractivity contribution in [3.05, 3.63) is 0 Å². The summed E-state index contributed by atoms with van der Waals surface area (Å²) < 4.78 is 21.6. The molecular weight excluding hydrogens is 186 g/mol. The number of hydrogen-bond donors (Lipinski definition) is 1. The van der Waals surface area contributed by atoms with Crippen LogP contribution < -0.4 is 5.32 Å². The van der Waals surface area contributed by atoms with E-state index in [1.54, 1.807) is 0 Å². The summed E-state index contributed by atoms with van der Waals surface area (Å²) in [6, 6.07) is 0.432. The van der Waals surface area contributed by atoms with Gasteiger partial charge in [-0.05, 0) is 13.3 Å². The highest BCUT2D eigenvalue weighted by Crippen LogP contribution is 1.98. The molecule has 0 aromatic rings. The second-order valence-corrected chi connectivity index (χ2v) is 5.89. The fraction of sp³-hybridized carbons (Fsp3) is 1.00. The quantitative estimate of drug-likeness (QED) is 0.682. The Morgan fingerprint density at radius 1 is 1.38 bits per heavy atom. The van der Waals surface area contributed by atoms with Gasteiger partial charge in [0.05, 0.1) is 5.75 Å². The standard InChI is InChI=1S/C9H21NO2S/c1-4-5-6-9(2)10-7-8-13(3,11)12/h9-10H,4-8H2,1-3H3. The second-order valence-electron chi connectivity index (χ2n) is 3.63. The minimum Gasteiger partial charge on any atom is -0.313 e. The molecular formula is C9H21NO2S. The van der Waals surface area contributed by atoms with Gasteiger partial charge in [-0.1, -0.05) is 19.8 Å². The van der Waals surface area contributed by atoms with Gasteiger partial charge in [-0.2, -0.15) is 0 Å². The first-order valence-electron chi connectivity index (χ1n) is 4.87. The molecule has 0 aliphatic carbocycles. The molecule has 0 rings (SSSR count). The van der Waals surface area contributed by atoms with Gasteiger partial charge in [-0.25, -0.2) is 8.42 Å². The summed E-state index contributed by atoms with van der Waals surface area (Å²) in [6.45, 7) is 4.82. The molecule has 3 nitrogen and oxygen atoms in total. The van der Waals surface area contributed by atoms with E-state index in [2.05, 4.69) is 19.2 Å². The second kappa shape index (κ2) is 6.38. The third-order valence-corrected chi connectivity index (χ3v) is 2.90. The number of unbranched alkanes of at least 4 members (excludes halogenated alkanes) is 1. The molecule has 0 aromatic carbocycles. The van der Waals surface area contributed by atoms with Crippen molar-refractivity contribution in [1.82, 2.24) is 5.32 Å². The Kier molecular flexibility index (Phi) is 6.33. The average molecular weight is 207 g/mol. The van der Waals surface area contributed by atoms with Crippen molar-refractivity contribution in [2.24, 2.45) is 0 Å². The Balaban J connectivity index is 3.42. The van der Waals surface area contributed by atoms with E-state index < -0.39 is 9.84 Å². The summed E-state index contributed by atoms with van der Waals surface area (Å²) in [5.41, 5.74) is 0. The monoisotopic (exact) mass is 207 g/mol. The molecule has 4 heteroatoms. The first-order chi connectivity index (χ1) is 5.95. The van der Waals surface area contributed by atoms with Crippen LogP contribution in [0.3, 0.4) is 0 Å². The molecule has 0 bridgehead atoms. The van der Waals surface area contributed by atoms with Crippen molar-refractivity contribution in [2.45, 2.75) is 39.2 Å². The Morgan fingerprint density at radius 3 is 2.46 bits per heavy atom. The number of rotatable bonds is 7. The molecule has 0 aliphatic heterocycles. The molecule has 1 N–H and O–H groups in total. The Hall–Kier alpha value is -0.0900. The first-order valence-corrected chi connectivity index (χ1v) is 6.93. The molecule has 1 atom stereocenters. The number of hydrogen-bond acceptors (Lipinski definition) is 3. The lowest BCUT2D eigenvalue weighted by molar-refractivity contribution is 0.507. The summed E-state index contributed by atoms with van der Waals surface area (Å²) in [4.78, 5) is 0. The summed E-state index contributed by atoms with van der Waals surface area (Å²) in [5, 5.41) is 3.19. The first kappa shape index (κ1) is 12.9. The van der Waals surface area contributed by atoms with Crippen LogP contribution in [0.5, 0.6) is 0 Å². The highest BCUT2D eigenvalue weighted by atomic mass is 32.2. The maximum atomic E-state index is 10.8. The normalized spacial score (nSPS) is 14.4. The van der Waals surface area contributed by atoms with E-state index in [-0.39, 0.29) is 5.75 Å². The molecule has 0 saturated heterocycles. The van der Waals surface area contributed by atoms with Crippen molar-refractivity contribution in [2.75, 3.05) is 18.6 Å². The van der Waals surface area contributed by atoms with Crippen molar-refractivity contribution in [3.63, 3.8) is 0 Å². The van der Waals surface area contributed by atoms with E-state index in [1.165, 1.54) is 19.1 Å². The largest absolute Gasteiger partial charge is 0.313 e. The molecule has 0 heterocycles. The predicted octanol–water partition coefficient (Wildman–Crippen LogP) is 1.20. The molecule has 0 spiro atoms. The van der Waals surface area contributed by atoms with Crippen LogP contribution in [0.4, 0.5) is 0 Å². The minimum absolute atomic E-state index is 0.240. The van der Waals surface area contributed by atoms with Crippen molar-refractivity contribution in [1.29, 1.82) is 0 Å². The SMILES string of the molecule is CCCCC(C)NCCS(C)(=O)=O. The third-order valence-electron chi connectivity index (χ3n) is 1.96. The van der Waals surface area contributed by atoms with E-state index in [0.717, 1.165) is 6.42 Å². The zero-order chi connectivity index (χ0) is 10.3. The van der Waals surface area contributed by atoms with E-state index in [0.29, 0.717) is 12.6 Å². The van der Waals surface area contributed by atoms with Crippen molar-refractivity contribution in [3.8, 4) is 0 Å². The lowest BCUT2D eigenvalue weighted by Crippen LogP contribution is -2.30. The summed E-state index contributed by atoms with van der Waals surface area (Å²) in [5.74, 6) is 0.240. The van der Waals surface area contributed by atoms with Crippen molar-refractivity contribution >= 4 is 9.84 Å². The molecule has 0 aromatic heterocycles. The van der Waals surface area contributed by atoms with Gasteiger partial charge in [0, 0.05) is 18.8 Å². The van der Waals surface area contributed by atoms with Gasteiger partial charge < -0.3 is 5.32 Å². The summed E-state index contributed by atoms with van der Waals surface area (Å²) >= 11 is 0. The Bertz CT molecular complexity index is 212. The molecule has 0 saturated carbocycles. The van der Waals surface area contributed by atoms with Crippen LogP contribution in [-0.2, 0) is 9.84 Å².